The molecule has 4 nitrogen and oxygen atoms in total. The molecule has 3 atom stereocenters. The van der Waals surface area contributed by atoms with Crippen LogP contribution in [0.1, 0.15) is 27.7 Å². The van der Waals surface area contributed by atoms with Crippen molar-refractivity contribution in [3.63, 3.8) is 0 Å². The van der Waals surface area contributed by atoms with E-state index in [0.29, 0.717) is 18.6 Å². The first-order chi connectivity index (χ1) is 7.49. The molecule has 1 fully saturated rings. The van der Waals surface area contributed by atoms with Gasteiger partial charge in [-0.05, 0) is 13.8 Å². The molecule has 0 radical (unpaired) electrons. The van der Waals surface area contributed by atoms with Crippen LogP contribution in [0.15, 0.2) is 0 Å². The first-order valence-corrected chi connectivity index (χ1v) is 6.26. The Balaban J connectivity index is 2.28. The van der Waals surface area contributed by atoms with Crippen LogP contribution < -0.4 is 5.32 Å². The highest BCUT2D eigenvalue weighted by molar-refractivity contribution is 4.78. The highest BCUT2D eigenvalue weighted by Gasteiger charge is 2.24. The van der Waals surface area contributed by atoms with E-state index in [9.17, 15) is 5.11 Å². The first kappa shape index (κ1) is 13.9. The van der Waals surface area contributed by atoms with Crippen molar-refractivity contribution < 1.29 is 9.84 Å². The number of nitrogens with zero attached hydrogens (tertiary/aromatic N) is 1. The highest BCUT2D eigenvalue weighted by Crippen LogP contribution is 2.11. The summed E-state index contributed by atoms with van der Waals surface area (Å²) in [6.45, 7) is 11.5. The van der Waals surface area contributed by atoms with Gasteiger partial charge in [0.1, 0.15) is 0 Å². The Morgan fingerprint density at radius 2 is 2.12 bits per heavy atom. The van der Waals surface area contributed by atoms with Crippen LogP contribution >= 0.6 is 0 Å². The number of β-amino-alcohol motifs (C(OH)–C–C–N with tert-alkyl or cyclic N) is 1. The van der Waals surface area contributed by atoms with Crippen LogP contribution in [-0.2, 0) is 4.74 Å². The number of hydrogen-bond donors (Lipinski definition) is 2. The van der Waals surface area contributed by atoms with Crippen molar-refractivity contribution in [2.24, 2.45) is 0 Å². The van der Waals surface area contributed by atoms with Crippen LogP contribution in [0.4, 0.5) is 0 Å². The fourth-order valence-corrected chi connectivity index (χ4v) is 1.93. The van der Waals surface area contributed by atoms with Gasteiger partial charge in [-0.15, -0.1) is 0 Å². The summed E-state index contributed by atoms with van der Waals surface area (Å²) < 4.78 is 5.56. The summed E-state index contributed by atoms with van der Waals surface area (Å²) in [6, 6.07) is 0.834. The van der Waals surface area contributed by atoms with E-state index in [1.54, 1.807) is 0 Å². The summed E-state index contributed by atoms with van der Waals surface area (Å²) in [5.41, 5.74) is 0. The molecule has 16 heavy (non-hydrogen) atoms. The second-order valence-corrected chi connectivity index (χ2v) is 5.16. The van der Waals surface area contributed by atoms with Crippen LogP contribution in [0, 0.1) is 0 Å². The molecular weight excluding hydrogens is 204 g/mol. The van der Waals surface area contributed by atoms with Crippen LogP contribution in [-0.4, -0.2) is 60.5 Å². The molecule has 1 rings (SSSR count). The lowest BCUT2D eigenvalue weighted by atomic mass is 10.2. The van der Waals surface area contributed by atoms with E-state index in [1.165, 1.54) is 0 Å². The van der Waals surface area contributed by atoms with Crippen molar-refractivity contribution in [3.05, 3.63) is 0 Å². The third kappa shape index (κ3) is 4.78. The summed E-state index contributed by atoms with van der Waals surface area (Å²) >= 11 is 0. The summed E-state index contributed by atoms with van der Waals surface area (Å²) in [6.07, 6.45) is -0.0170. The molecule has 0 aromatic heterocycles. The predicted molar refractivity (Wildman–Crippen MR) is 65.6 cm³/mol. The Morgan fingerprint density at radius 3 is 2.75 bits per heavy atom. The monoisotopic (exact) mass is 230 g/mol. The van der Waals surface area contributed by atoms with E-state index < -0.39 is 0 Å². The number of morpholine rings is 1. The van der Waals surface area contributed by atoms with Crippen LogP contribution in [0.5, 0.6) is 0 Å². The summed E-state index contributed by atoms with van der Waals surface area (Å²) in [7, 11) is 0. The third-order valence-electron chi connectivity index (χ3n) is 2.94. The molecule has 1 saturated heterocycles. The maximum Gasteiger partial charge on any atom is 0.0791 e. The summed E-state index contributed by atoms with van der Waals surface area (Å²) in [4.78, 5) is 2.31. The Bertz CT molecular complexity index is 199. The van der Waals surface area contributed by atoms with Crippen LogP contribution in [0.25, 0.3) is 0 Å². The van der Waals surface area contributed by atoms with Crippen molar-refractivity contribution in [2.75, 3.05) is 26.2 Å². The van der Waals surface area contributed by atoms with E-state index in [-0.39, 0.29) is 12.2 Å². The number of hydrogen-bond acceptors (Lipinski definition) is 4. The fourth-order valence-electron chi connectivity index (χ4n) is 1.93. The Morgan fingerprint density at radius 1 is 1.44 bits per heavy atom. The molecule has 0 aliphatic carbocycles. The largest absolute Gasteiger partial charge is 0.390 e. The van der Waals surface area contributed by atoms with Gasteiger partial charge in [0.15, 0.2) is 0 Å². The van der Waals surface area contributed by atoms with E-state index in [0.717, 1.165) is 19.7 Å². The van der Waals surface area contributed by atoms with Crippen molar-refractivity contribution in [1.29, 1.82) is 0 Å². The van der Waals surface area contributed by atoms with Gasteiger partial charge in [0.25, 0.3) is 0 Å². The topological polar surface area (TPSA) is 44.7 Å². The number of rotatable bonds is 5. The van der Waals surface area contributed by atoms with E-state index >= 15 is 0 Å². The second-order valence-electron chi connectivity index (χ2n) is 5.16. The van der Waals surface area contributed by atoms with Gasteiger partial charge < -0.3 is 15.2 Å². The quantitative estimate of drug-likeness (QED) is 0.720. The summed E-state index contributed by atoms with van der Waals surface area (Å²) in [5, 5.41) is 13.2. The molecule has 3 unspecified atom stereocenters. The van der Waals surface area contributed by atoms with Gasteiger partial charge in [0, 0.05) is 31.7 Å². The molecule has 0 bridgehead atoms. The van der Waals surface area contributed by atoms with Gasteiger partial charge >= 0.3 is 0 Å². The van der Waals surface area contributed by atoms with Crippen LogP contribution in [0.2, 0.25) is 0 Å². The summed E-state index contributed by atoms with van der Waals surface area (Å²) in [5.74, 6) is 0. The molecule has 4 heteroatoms. The minimum Gasteiger partial charge on any atom is -0.390 e. The molecule has 0 saturated carbocycles. The van der Waals surface area contributed by atoms with Gasteiger partial charge in [-0.2, -0.15) is 0 Å². The zero-order chi connectivity index (χ0) is 12.1. The molecule has 1 heterocycles. The van der Waals surface area contributed by atoms with Gasteiger partial charge in [-0.1, -0.05) is 13.8 Å². The molecule has 2 N–H and O–H groups in total. The average molecular weight is 230 g/mol. The van der Waals surface area contributed by atoms with Gasteiger partial charge in [0.2, 0.25) is 0 Å². The molecule has 1 aliphatic rings. The molecule has 0 spiro atoms. The standard InChI is InChI=1S/C12H26N2O2/c1-9(2)13-5-12(15)7-14-6-11(4)16-8-10(14)3/h9-13,15H,5-8H2,1-4H3. The lowest BCUT2D eigenvalue weighted by Gasteiger charge is -2.37. The highest BCUT2D eigenvalue weighted by atomic mass is 16.5. The molecule has 0 aromatic carbocycles. The molecule has 0 aromatic rings. The minimum atomic E-state index is -0.296. The van der Waals surface area contributed by atoms with Gasteiger partial charge in [0.05, 0.1) is 18.8 Å². The SMILES string of the molecule is CC(C)NCC(O)CN1CC(C)OCC1C. The zero-order valence-corrected chi connectivity index (χ0v) is 10.9. The average Bonchev–Trinajstić information content (AvgIpc) is 2.20. The van der Waals surface area contributed by atoms with Gasteiger partial charge in [-0.25, -0.2) is 0 Å². The normalized spacial score (nSPS) is 29.6. The third-order valence-corrected chi connectivity index (χ3v) is 2.94. The smallest absolute Gasteiger partial charge is 0.0791 e. The van der Waals surface area contributed by atoms with Crippen LogP contribution in [0.3, 0.4) is 0 Å². The lowest BCUT2D eigenvalue weighted by Crippen LogP contribution is -2.51. The molecular formula is C12H26N2O2. The molecule has 1 aliphatic heterocycles. The zero-order valence-electron chi connectivity index (χ0n) is 10.9. The van der Waals surface area contributed by atoms with Crippen molar-refractivity contribution in [3.8, 4) is 0 Å². The number of aliphatic hydroxyl groups excluding tert-OH is 1. The first-order valence-electron chi connectivity index (χ1n) is 6.26. The van der Waals surface area contributed by atoms with Gasteiger partial charge in [-0.3, -0.25) is 4.90 Å². The van der Waals surface area contributed by atoms with E-state index in [4.69, 9.17) is 4.74 Å². The number of nitrogens with one attached hydrogen (secondary N) is 1. The lowest BCUT2D eigenvalue weighted by molar-refractivity contribution is -0.0614. The number of aliphatic hydroxyl groups is 1. The van der Waals surface area contributed by atoms with Crippen molar-refractivity contribution in [1.82, 2.24) is 10.2 Å². The van der Waals surface area contributed by atoms with E-state index in [2.05, 4.69) is 37.9 Å². The molecule has 96 valence electrons. The Labute approximate surface area is 99.0 Å². The maximum absolute atomic E-state index is 9.91. The fraction of sp³-hybridized carbons (Fsp3) is 1.00. The van der Waals surface area contributed by atoms with Crippen molar-refractivity contribution in [2.45, 2.75) is 52.0 Å². The predicted octanol–water partition coefficient (Wildman–Crippen LogP) is 0.455. The van der Waals surface area contributed by atoms with E-state index in [1.807, 2.05) is 0 Å². The molecule has 0 amide bonds. The number of ether oxygens (including phenoxy) is 1. The Kier molecular flexibility index (Phi) is 5.69. The minimum absolute atomic E-state index is 0.279. The second kappa shape index (κ2) is 6.55. The Hall–Kier alpha value is -0.160. The maximum atomic E-state index is 9.91. The van der Waals surface area contributed by atoms with Crippen molar-refractivity contribution >= 4 is 0 Å².